The van der Waals surface area contributed by atoms with Crippen LogP contribution in [-0.4, -0.2) is 32.3 Å². The zero-order valence-electron chi connectivity index (χ0n) is 17.4. The van der Waals surface area contributed by atoms with Gasteiger partial charge in [0.2, 0.25) is 5.88 Å². The highest BCUT2D eigenvalue weighted by Gasteiger charge is 2.34. The summed E-state index contributed by atoms with van der Waals surface area (Å²) in [5, 5.41) is 9.90. The Morgan fingerprint density at radius 1 is 1.16 bits per heavy atom. The first-order chi connectivity index (χ1) is 15.0. The van der Waals surface area contributed by atoms with Crippen molar-refractivity contribution in [3.8, 4) is 11.8 Å². The summed E-state index contributed by atoms with van der Waals surface area (Å²) in [7, 11) is 1.69. The molecule has 8 heteroatoms. The molecule has 1 aromatic carbocycles. The Morgan fingerprint density at radius 3 is 2.52 bits per heavy atom. The zero-order chi connectivity index (χ0) is 22.0. The average molecular weight is 411 g/mol. The lowest BCUT2D eigenvalue weighted by Crippen LogP contribution is -2.25. The van der Waals surface area contributed by atoms with Gasteiger partial charge in [-0.1, -0.05) is 12.1 Å². The molecule has 154 valence electrons. The van der Waals surface area contributed by atoms with E-state index in [9.17, 15) is 5.26 Å². The summed E-state index contributed by atoms with van der Waals surface area (Å²) in [5.41, 5.74) is 10.3. The van der Waals surface area contributed by atoms with Gasteiger partial charge in [0.1, 0.15) is 29.6 Å². The topological polar surface area (TPSA) is 115 Å². The van der Waals surface area contributed by atoms with Crippen molar-refractivity contribution in [2.45, 2.75) is 19.8 Å². The Labute approximate surface area is 180 Å². The third-order valence-electron chi connectivity index (χ3n) is 5.24. The van der Waals surface area contributed by atoms with Crippen molar-refractivity contribution in [3.63, 3.8) is 0 Å². The molecule has 1 atom stereocenters. The molecule has 0 aliphatic carbocycles. The third-order valence-corrected chi connectivity index (χ3v) is 5.24. The number of rotatable bonds is 4. The van der Waals surface area contributed by atoms with Gasteiger partial charge in [0.05, 0.1) is 17.3 Å². The van der Waals surface area contributed by atoms with Crippen LogP contribution in [0.3, 0.4) is 0 Å². The number of aryl methyl sites for hydroxylation is 1. The molecular formula is C23H21N7O. The Balaban J connectivity index is 1.84. The molecule has 1 aliphatic rings. The number of nitriles is 1. The highest BCUT2D eigenvalue weighted by atomic mass is 16.5. The fourth-order valence-electron chi connectivity index (χ4n) is 3.80. The fraction of sp³-hybridized carbons (Fsp3) is 0.174. The van der Waals surface area contributed by atoms with Crippen molar-refractivity contribution < 1.29 is 4.74 Å². The Kier molecular flexibility index (Phi) is 5.33. The normalized spacial score (nSPS) is 16.8. The molecule has 0 bridgehead atoms. The number of benzene rings is 1. The van der Waals surface area contributed by atoms with Gasteiger partial charge in [-0.3, -0.25) is 4.99 Å². The highest BCUT2D eigenvalue weighted by Crippen LogP contribution is 2.40. The molecule has 0 saturated heterocycles. The van der Waals surface area contributed by atoms with Crippen LogP contribution in [0.25, 0.3) is 5.69 Å². The Hall–Kier alpha value is -4.25. The summed E-state index contributed by atoms with van der Waals surface area (Å²) >= 11 is 0. The number of hydrogen-bond acceptors (Lipinski definition) is 7. The number of nitrogens with two attached hydrogens (primary N) is 1. The van der Waals surface area contributed by atoms with Gasteiger partial charge in [0, 0.05) is 36.9 Å². The largest absolute Gasteiger partial charge is 0.445 e. The maximum absolute atomic E-state index is 9.90. The smallest absolute Gasteiger partial charge is 0.205 e. The van der Waals surface area contributed by atoms with E-state index < -0.39 is 5.92 Å². The molecule has 1 unspecified atom stereocenters. The minimum absolute atomic E-state index is 0.0985. The standard InChI is InChI=1S/C23H21N7O/c1-14-20(22(26-3)19-8-9-27-13-29-19)21(18(12-24)23(25)31-14)16-4-6-17(7-5-16)30-11-10-28-15(30)2/h4-11,13,21H,25H2,1-3H3. The van der Waals surface area contributed by atoms with Gasteiger partial charge >= 0.3 is 0 Å². The number of imidazole rings is 1. The first-order valence-electron chi connectivity index (χ1n) is 9.67. The van der Waals surface area contributed by atoms with Gasteiger partial charge in [-0.2, -0.15) is 5.26 Å². The van der Waals surface area contributed by atoms with Crippen molar-refractivity contribution in [1.82, 2.24) is 19.5 Å². The van der Waals surface area contributed by atoms with Crippen molar-refractivity contribution in [2.75, 3.05) is 7.05 Å². The summed E-state index contributed by atoms with van der Waals surface area (Å²) in [6.07, 6.45) is 6.78. The van der Waals surface area contributed by atoms with Crippen LogP contribution in [0.15, 0.2) is 83.0 Å². The summed E-state index contributed by atoms with van der Waals surface area (Å²) in [4.78, 5) is 17.1. The number of ether oxygens (including phenoxy) is 1. The van der Waals surface area contributed by atoms with Crippen LogP contribution in [0, 0.1) is 18.3 Å². The van der Waals surface area contributed by atoms with Crippen LogP contribution in [0.4, 0.5) is 0 Å². The quantitative estimate of drug-likeness (QED) is 0.660. The van der Waals surface area contributed by atoms with Gasteiger partial charge in [-0.15, -0.1) is 0 Å². The van der Waals surface area contributed by atoms with Crippen LogP contribution in [-0.2, 0) is 4.74 Å². The predicted molar refractivity (Wildman–Crippen MR) is 116 cm³/mol. The van der Waals surface area contributed by atoms with E-state index >= 15 is 0 Å². The maximum Gasteiger partial charge on any atom is 0.205 e. The summed E-state index contributed by atoms with van der Waals surface area (Å²) in [6, 6.07) is 11.9. The summed E-state index contributed by atoms with van der Waals surface area (Å²) in [6.45, 7) is 3.76. The van der Waals surface area contributed by atoms with Gasteiger partial charge < -0.3 is 15.0 Å². The monoisotopic (exact) mass is 411 g/mol. The van der Waals surface area contributed by atoms with E-state index in [0.717, 1.165) is 22.6 Å². The van der Waals surface area contributed by atoms with Crippen LogP contribution in [0.5, 0.6) is 0 Å². The molecule has 31 heavy (non-hydrogen) atoms. The van der Waals surface area contributed by atoms with Crippen LogP contribution in [0.1, 0.15) is 29.9 Å². The SMILES string of the molecule is CN=C(C1=C(C)OC(N)=C(C#N)C1c1ccc(-n2ccnc2C)cc1)c1ccncn1. The van der Waals surface area contributed by atoms with E-state index in [2.05, 4.69) is 26.0 Å². The van der Waals surface area contributed by atoms with Crippen molar-refractivity contribution in [1.29, 1.82) is 5.26 Å². The fourth-order valence-corrected chi connectivity index (χ4v) is 3.80. The number of allylic oxidation sites excluding steroid dienone is 3. The minimum Gasteiger partial charge on any atom is -0.445 e. The Bertz CT molecular complexity index is 1250. The molecule has 0 spiro atoms. The molecule has 1 aliphatic heterocycles. The second-order valence-electron chi connectivity index (χ2n) is 7.00. The molecule has 2 aromatic heterocycles. The van der Waals surface area contributed by atoms with E-state index in [4.69, 9.17) is 10.5 Å². The van der Waals surface area contributed by atoms with Gasteiger partial charge in [-0.05, 0) is 37.6 Å². The van der Waals surface area contributed by atoms with Gasteiger partial charge in [0.25, 0.3) is 0 Å². The lowest BCUT2D eigenvalue weighted by Gasteiger charge is -2.29. The van der Waals surface area contributed by atoms with E-state index in [0.29, 0.717) is 22.7 Å². The van der Waals surface area contributed by atoms with Gasteiger partial charge in [0.15, 0.2) is 0 Å². The van der Waals surface area contributed by atoms with Crippen molar-refractivity contribution in [2.24, 2.45) is 10.7 Å². The van der Waals surface area contributed by atoms with Gasteiger partial charge in [-0.25, -0.2) is 15.0 Å². The van der Waals surface area contributed by atoms with E-state index in [1.54, 1.807) is 25.5 Å². The lowest BCUT2D eigenvalue weighted by atomic mass is 9.80. The van der Waals surface area contributed by atoms with Crippen molar-refractivity contribution in [3.05, 3.63) is 95.1 Å². The Morgan fingerprint density at radius 2 is 1.94 bits per heavy atom. The summed E-state index contributed by atoms with van der Waals surface area (Å²) < 4.78 is 7.73. The van der Waals surface area contributed by atoms with E-state index in [1.807, 2.05) is 48.9 Å². The average Bonchev–Trinajstić information content (AvgIpc) is 3.22. The first kappa shape index (κ1) is 20.0. The van der Waals surface area contributed by atoms with Crippen LogP contribution < -0.4 is 5.73 Å². The molecule has 0 fully saturated rings. The van der Waals surface area contributed by atoms with Crippen LogP contribution >= 0.6 is 0 Å². The molecular weight excluding hydrogens is 390 g/mol. The highest BCUT2D eigenvalue weighted by molar-refractivity contribution is 6.13. The molecule has 3 aromatic rings. The van der Waals surface area contributed by atoms with E-state index in [-0.39, 0.29) is 5.88 Å². The number of hydrogen-bond donors (Lipinski definition) is 1. The lowest BCUT2D eigenvalue weighted by molar-refractivity contribution is 0.284. The maximum atomic E-state index is 9.90. The number of aliphatic imine (C=N–C) groups is 1. The molecule has 3 heterocycles. The van der Waals surface area contributed by atoms with Crippen LogP contribution in [0.2, 0.25) is 0 Å². The number of nitrogens with zero attached hydrogens (tertiary/aromatic N) is 6. The molecule has 4 rings (SSSR count). The zero-order valence-corrected chi connectivity index (χ0v) is 17.4. The second kappa shape index (κ2) is 8.24. The molecule has 0 amide bonds. The third kappa shape index (κ3) is 3.57. The van der Waals surface area contributed by atoms with E-state index in [1.165, 1.54) is 6.33 Å². The first-order valence-corrected chi connectivity index (χ1v) is 9.67. The molecule has 8 nitrogen and oxygen atoms in total. The second-order valence-corrected chi connectivity index (χ2v) is 7.00. The minimum atomic E-state index is -0.439. The molecule has 2 N–H and O–H groups in total. The number of aromatic nitrogens is 4. The molecule has 0 saturated carbocycles. The van der Waals surface area contributed by atoms with Crippen molar-refractivity contribution >= 4 is 5.71 Å². The molecule has 0 radical (unpaired) electrons. The summed E-state index contributed by atoms with van der Waals surface area (Å²) in [5.74, 6) is 1.13. The predicted octanol–water partition coefficient (Wildman–Crippen LogP) is 3.17.